The van der Waals surface area contributed by atoms with E-state index in [0.29, 0.717) is 11.8 Å². The Morgan fingerprint density at radius 3 is 1.82 bits per heavy atom. The first kappa shape index (κ1) is 18.8. The zero-order valence-electron chi connectivity index (χ0n) is 16.6. The minimum atomic E-state index is 0.491. The Morgan fingerprint density at radius 1 is 0.786 bits per heavy atom. The highest BCUT2D eigenvalue weighted by atomic mass is 16.5. The van der Waals surface area contributed by atoms with Gasteiger partial charge in [0.25, 0.3) is 0 Å². The average molecular weight is 372 g/mol. The van der Waals surface area contributed by atoms with Crippen LogP contribution in [0.25, 0.3) is 0 Å². The van der Waals surface area contributed by atoms with Gasteiger partial charge in [-0.25, -0.2) is 0 Å². The van der Waals surface area contributed by atoms with Crippen LogP contribution in [0.5, 0.6) is 5.75 Å². The summed E-state index contributed by atoms with van der Waals surface area (Å²) in [6.45, 7) is 3.35. The van der Waals surface area contributed by atoms with Crippen LogP contribution in [-0.4, -0.2) is 25.1 Å². The summed E-state index contributed by atoms with van der Waals surface area (Å²) in [6.07, 6.45) is 2.48. The van der Waals surface area contributed by atoms with E-state index in [1.807, 2.05) is 0 Å². The van der Waals surface area contributed by atoms with Crippen LogP contribution < -0.4 is 4.74 Å². The first-order valence-electron chi connectivity index (χ1n) is 10.3. The second kappa shape index (κ2) is 9.07. The van der Waals surface area contributed by atoms with Crippen molar-refractivity contribution < 1.29 is 4.74 Å². The lowest BCUT2D eigenvalue weighted by atomic mass is 9.76. The number of piperidine rings is 1. The zero-order valence-corrected chi connectivity index (χ0v) is 16.6. The molecule has 3 aromatic rings. The van der Waals surface area contributed by atoms with E-state index in [-0.39, 0.29) is 0 Å². The molecule has 28 heavy (non-hydrogen) atoms. The van der Waals surface area contributed by atoms with Crippen molar-refractivity contribution in [3.63, 3.8) is 0 Å². The van der Waals surface area contributed by atoms with E-state index < -0.39 is 0 Å². The number of rotatable bonds is 6. The number of methoxy groups -OCH3 is 1. The fourth-order valence-corrected chi connectivity index (χ4v) is 4.49. The molecule has 0 aliphatic carbocycles. The Kier molecular flexibility index (Phi) is 6.08. The summed E-state index contributed by atoms with van der Waals surface area (Å²) in [4.78, 5) is 2.59. The van der Waals surface area contributed by atoms with Gasteiger partial charge in [0, 0.05) is 12.5 Å². The van der Waals surface area contributed by atoms with E-state index in [2.05, 4.69) is 89.8 Å². The topological polar surface area (TPSA) is 12.5 Å². The minimum absolute atomic E-state index is 0.491. The number of benzene rings is 3. The first-order chi connectivity index (χ1) is 13.8. The lowest BCUT2D eigenvalue weighted by Crippen LogP contribution is -2.35. The van der Waals surface area contributed by atoms with Gasteiger partial charge in [-0.2, -0.15) is 0 Å². The highest BCUT2D eigenvalue weighted by Crippen LogP contribution is 2.38. The molecule has 1 aliphatic heterocycles. The number of nitrogens with zero attached hydrogens (tertiary/aromatic N) is 1. The Labute approximate surface area is 168 Å². The number of hydrogen-bond donors (Lipinski definition) is 0. The molecule has 2 heteroatoms. The quantitative estimate of drug-likeness (QED) is 0.548. The second-order valence-electron chi connectivity index (χ2n) is 7.76. The summed E-state index contributed by atoms with van der Waals surface area (Å²) in [7, 11) is 1.72. The van der Waals surface area contributed by atoms with E-state index in [1.54, 1.807) is 7.11 Å². The summed E-state index contributed by atoms with van der Waals surface area (Å²) in [6, 6.07) is 30.6. The molecule has 144 valence electrons. The SMILES string of the molecule is COc1ccc(CN2CCC(C(c3ccccc3)c3ccccc3)CC2)cc1. The van der Waals surface area contributed by atoms with Crippen LogP contribution in [0.1, 0.15) is 35.4 Å². The maximum absolute atomic E-state index is 5.27. The molecule has 1 fully saturated rings. The van der Waals surface area contributed by atoms with Gasteiger partial charge in [0.1, 0.15) is 5.75 Å². The maximum Gasteiger partial charge on any atom is 0.118 e. The van der Waals surface area contributed by atoms with Crippen molar-refractivity contribution >= 4 is 0 Å². The van der Waals surface area contributed by atoms with E-state index in [0.717, 1.165) is 25.4 Å². The molecule has 3 aromatic carbocycles. The van der Waals surface area contributed by atoms with E-state index in [4.69, 9.17) is 4.74 Å². The smallest absolute Gasteiger partial charge is 0.118 e. The third-order valence-corrected chi connectivity index (χ3v) is 5.99. The number of hydrogen-bond acceptors (Lipinski definition) is 2. The predicted molar refractivity (Wildman–Crippen MR) is 116 cm³/mol. The Hall–Kier alpha value is -2.58. The summed E-state index contributed by atoms with van der Waals surface area (Å²) in [5.74, 6) is 2.11. The van der Waals surface area contributed by atoms with Crippen molar-refractivity contribution in [2.24, 2.45) is 5.92 Å². The van der Waals surface area contributed by atoms with E-state index >= 15 is 0 Å². The van der Waals surface area contributed by atoms with Gasteiger partial charge in [-0.3, -0.25) is 4.90 Å². The Morgan fingerprint density at radius 2 is 1.32 bits per heavy atom. The first-order valence-corrected chi connectivity index (χ1v) is 10.3. The third-order valence-electron chi connectivity index (χ3n) is 5.99. The van der Waals surface area contributed by atoms with Gasteiger partial charge in [0.2, 0.25) is 0 Å². The molecule has 0 N–H and O–H groups in total. The van der Waals surface area contributed by atoms with Crippen molar-refractivity contribution in [1.29, 1.82) is 0 Å². The summed E-state index contributed by atoms with van der Waals surface area (Å²) in [5.41, 5.74) is 4.26. The fraction of sp³-hybridized carbons (Fsp3) is 0.308. The largest absolute Gasteiger partial charge is 0.497 e. The third kappa shape index (κ3) is 4.45. The summed E-state index contributed by atoms with van der Waals surface area (Å²) in [5, 5.41) is 0. The zero-order chi connectivity index (χ0) is 19.2. The molecule has 0 aromatic heterocycles. The molecule has 0 spiro atoms. The molecule has 4 rings (SSSR count). The lowest BCUT2D eigenvalue weighted by molar-refractivity contribution is 0.168. The molecule has 1 aliphatic rings. The number of ether oxygens (including phenoxy) is 1. The van der Waals surface area contributed by atoms with Crippen molar-refractivity contribution in [3.05, 3.63) is 102 Å². The van der Waals surface area contributed by atoms with Crippen molar-refractivity contribution in [2.45, 2.75) is 25.3 Å². The van der Waals surface area contributed by atoms with Gasteiger partial charge in [0.05, 0.1) is 7.11 Å². The average Bonchev–Trinajstić information content (AvgIpc) is 2.77. The molecule has 0 saturated carbocycles. The van der Waals surface area contributed by atoms with E-state index in [1.165, 1.54) is 29.5 Å². The standard InChI is InChI=1S/C26H29NO/c1-28-25-14-12-21(13-15-25)20-27-18-16-24(17-19-27)26(22-8-4-2-5-9-22)23-10-6-3-7-11-23/h2-15,24,26H,16-20H2,1H3. The summed E-state index contributed by atoms with van der Waals surface area (Å²) >= 11 is 0. The van der Waals surface area contributed by atoms with Gasteiger partial charge in [-0.05, 0) is 60.7 Å². The van der Waals surface area contributed by atoms with Crippen LogP contribution >= 0.6 is 0 Å². The van der Waals surface area contributed by atoms with Crippen LogP contribution in [0.2, 0.25) is 0 Å². The highest BCUT2D eigenvalue weighted by Gasteiger charge is 2.28. The number of likely N-dealkylation sites (tertiary alicyclic amines) is 1. The second-order valence-corrected chi connectivity index (χ2v) is 7.76. The molecule has 0 unspecified atom stereocenters. The van der Waals surface area contributed by atoms with Gasteiger partial charge in [0.15, 0.2) is 0 Å². The van der Waals surface area contributed by atoms with Crippen molar-refractivity contribution in [3.8, 4) is 5.75 Å². The van der Waals surface area contributed by atoms with Gasteiger partial charge in [-0.1, -0.05) is 72.8 Å². The monoisotopic (exact) mass is 371 g/mol. The Balaban J connectivity index is 1.44. The molecular weight excluding hydrogens is 342 g/mol. The molecule has 1 heterocycles. The molecular formula is C26H29NO. The van der Waals surface area contributed by atoms with Crippen LogP contribution in [0.15, 0.2) is 84.9 Å². The van der Waals surface area contributed by atoms with Gasteiger partial charge < -0.3 is 4.74 Å². The Bertz CT molecular complexity index is 797. The molecule has 1 saturated heterocycles. The van der Waals surface area contributed by atoms with Crippen LogP contribution in [0.4, 0.5) is 0 Å². The van der Waals surface area contributed by atoms with Crippen molar-refractivity contribution in [1.82, 2.24) is 4.90 Å². The molecule has 0 bridgehead atoms. The summed E-state index contributed by atoms with van der Waals surface area (Å²) < 4.78 is 5.27. The molecule has 2 nitrogen and oxygen atoms in total. The maximum atomic E-state index is 5.27. The van der Waals surface area contributed by atoms with Crippen LogP contribution in [0.3, 0.4) is 0 Å². The van der Waals surface area contributed by atoms with E-state index in [9.17, 15) is 0 Å². The molecule has 0 atom stereocenters. The van der Waals surface area contributed by atoms with Crippen LogP contribution in [0, 0.1) is 5.92 Å². The van der Waals surface area contributed by atoms with Gasteiger partial charge in [-0.15, -0.1) is 0 Å². The predicted octanol–water partition coefficient (Wildman–Crippen LogP) is 5.74. The minimum Gasteiger partial charge on any atom is -0.497 e. The van der Waals surface area contributed by atoms with Crippen molar-refractivity contribution in [2.75, 3.05) is 20.2 Å². The van der Waals surface area contributed by atoms with Crippen LogP contribution in [-0.2, 0) is 6.54 Å². The lowest BCUT2D eigenvalue weighted by Gasteiger charge is -2.36. The fourth-order valence-electron chi connectivity index (χ4n) is 4.49. The molecule has 0 radical (unpaired) electrons. The van der Waals surface area contributed by atoms with Gasteiger partial charge >= 0.3 is 0 Å². The highest BCUT2D eigenvalue weighted by molar-refractivity contribution is 5.33. The molecule has 0 amide bonds. The normalized spacial score (nSPS) is 15.6.